The highest BCUT2D eigenvalue weighted by molar-refractivity contribution is 7.90. The van der Waals surface area contributed by atoms with E-state index in [4.69, 9.17) is 0 Å². The molecule has 0 radical (unpaired) electrons. The Labute approximate surface area is 140 Å². The third kappa shape index (κ3) is 3.64. The number of anilines is 1. The van der Waals surface area contributed by atoms with Crippen LogP contribution in [0.15, 0.2) is 35.2 Å². The molecule has 1 aliphatic rings. The first-order valence-corrected chi connectivity index (χ1v) is 10.3. The zero-order chi connectivity index (χ0) is 16.6. The van der Waals surface area contributed by atoms with E-state index in [1.165, 1.54) is 29.0 Å². The maximum absolute atomic E-state index is 12.4. The molecule has 4 nitrogen and oxygen atoms in total. The zero-order valence-electron chi connectivity index (χ0n) is 13.1. The van der Waals surface area contributed by atoms with Gasteiger partial charge in [0.25, 0.3) is 5.91 Å². The first kappa shape index (κ1) is 16.2. The van der Waals surface area contributed by atoms with Gasteiger partial charge in [-0.05, 0) is 55.0 Å². The standard InChI is InChI=1S/C17H19NO3S2/c1-11-6-7-15-12(8-11)9-16(22-15)17(19)18-13-4-3-5-14(10-13)23(2,20)21/h3-5,9-11H,6-8H2,1-2H3,(H,18,19)/t11-/m0/s1. The van der Waals surface area contributed by atoms with Crippen LogP contribution in [0.25, 0.3) is 0 Å². The molecular weight excluding hydrogens is 330 g/mol. The predicted octanol–water partition coefficient (Wildman–Crippen LogP) is 3.53. The molecule has 1 atom stereocenters. The topological polar surface area (TPSA) is 63.2 Å². The molecule has 0 saturated heterocycles. The van der Waals surface area contributed by atoms with Gasteiger partial charge in [-0.2, -0.15) is 0 Å². The molecule has 0 unspecified atom stereocenters. The van der Waals surface area contributed by atoms with Gasteiger partial charge in [-0.1, -0.05) is 13.0 Å². The van der Waals surface area contributed by atoms with E-state index in [9.17, 15) is 13.2 Å². The van der Waals surface area contributed by atoms with Gasteiger partial charge < -0.3 is 5.32 Å². The maximum Gasteiger partial charge on any atom is 0.265 e. The highest BCUT2D eigenvalue weighted by atomic mass is 32.2. The molecule has 23 heavy (non-hydrogen) atoms. The Morgan fingerprint density at radius 1 is 1.30 bits per heavy atom. The molecule has 0 bridgehead atoms. The Hall–Kier alpha value is -1.66. The second kappa shape index (κ2) is 6.09. The number of sulfone groups is 1. The lowest BCUT2D eigenvalue weighted by molar-refractivity contribution is 0.103. The third-order valence-electron chi connectivity index (χ3n) is 4.07. The summed E-state index contributed by atoms with van der Waals surface area (Å²) >= 11 is 1.54. The largest absolute Gasteiger partial charge is 0.321 e. The van der Waals surface area contributed by atoms with Crippen LogP contribution in [-0.4, -0.2) is 20.6 Å². The first-order valence-electron chi connectivity index (χ1n) is 7.56. The number of thiophene rings is 1. The van der Waals surface area contributed by atoms with Crippen LogP contribution < -0.4 is 5.32 Å². The molecular formula is C17H19NO3S2. The Bertz CT molecular complexity index is 852. The number of rotatable bonds is 3. The molecule has 1 aromatic heterocycles. The van der Waals surface area contributed by atoms with Crippen molar-refractivity contribution in [1.29, 1.82) is 0 Å². The van der Waals surface area contributed by atoms with Crippen LogP contribution >= 0.6 is 11.3 Å². The quantitative estimate of drug-likeness (QED) is 0.922. The number of aryl methyl sites for hydroxylation is 1. The molecule has 0 aliphatic heterocycles. The Morgan fingerprint density at radius 2 is 2.09 bits per heavy atom. The van der Waals surface area contributed by atoms with Gasteiger partial charge in [0, 0.05) is 16.8 Å². The molecule has 6 heteroatoms. The molecule has 0 saturated carbocycles. The first-order chi connectivity index (χ1) is 10.8. The highest BCUT2D eigenvalue weighted by Gasteiger charge is 2.21. The lowest BCUT2D eigenvalue weighted by atomic mass is 9.90. The van der Waals surface area contributed by atoms with Crippen LogP contribution in [0.4, 0.5) is 5.69 Å². The van der Waals surface area contributed by atoms with Crippen molar-refractivity contribution in [2.45, 2.75) is 31.1 Å². The summed E-state index contributed by atoms with van der Waals surface area (Å²) in [6.45, 7) is 2.23. The summed E-state index contributed by atoms with van der Waals surface area (Å²) < 4.78 is 23.2. The molecule has 3 rings (SSSR count). The van der Waals surface area contributed by atoms with Crippen molar-refractivity contribution < 1.29 is 13.2 Å². The van der Waals surface area contributed by atoms with Crippen molar-refractivity contribution in [3.8, 4) is 0 Å². The minimum atomic E-state index is -3.28. The normalized spacial score (nSPS) is 17.6. The molecule has 1 N–H and O–H groups in total. The van der Waals surface area contributed by atoms with Gasteiger partial charge in [0.2, 0.25) is 0 Å². The smallest absolute Gasteiger partial charge is 0.265 e. The number of carbonyl (C=O) groups excluding carboxylic acids is 1. The molecule has 2 aromatic rings. The molecule has 1 heterocycles. The molecule has 1 amide bonds. The number of hydrogen-bond donors (Lipinski definition) is 1. The van der Waals surface area contributed by atoms with E-state index in [-0.39, 0.29) is 10.8 Å². The average molecular weight is 349 g/mol. The molecule has 1 aliphatic carbocycles. The molecule has 1 aromatic carbocycles. The summed E-state index contributed by atoms with van der Waals surface area (Å²) in [5, 5.41) is 2.80. The summed E-state index contributed by atoms with van der Waals surface area (Å²) in [4.78, 5) is 14.6. The fourth-order valence-corrected chi connectivity index (χ4v) is 4.59. The van der Waals surface area contributed by atoms with Crippen LogP contribution in [0.5, 0.6) is 0 Å². The summed E-state index contributed by atoms with van der Waals surface area (Å²) in [5.74, 6) is 0.488. The second-order valence-electron chi connectivity index (χ2n) is 6.16. The van der Waals surface area contributed by atoms with Gasteiger partial charge in [-0.3, -0.25) is 4.79 Å². The summed E-state index contributed by atoms with van der Waals surface area (Å²) in [5.41, 5.74) is 1.78. The number of benzene rings is 1. The number of carbonyl (C=O) groups is 1. The van der Waals surface area contributed by atoms with Crippen LogP contribution in [0.3, 0.4) is 0 Å². The second-order valence-corrected chi connectivity index (χ2v) is 9.31. The monoisotopic (exact) mass is 349 g/mol. The van der Waals surface area contributed by atoms with Crippen molar-refractivity contribution in [2.24, 2.45) is 5.92 Å². The zero-order valence-corrected chi connectivity index (χ0v) is 14.8. The van der Waals surface area contributed by atoms with Crippen molar-refractivity contribution in [1.82, 2.24) is 0 Å². The van der Waals surface area contributed by atoms with Crippen LogP contribution in [-0.2, 0) is 22.7 Å². The van der Waals surface area contributed by atoms with Crippen molar-refractivity contribution in [3.05, 3.63) is 45.6 Å². The SMILES string of the molecule is C[C@H]1CCc2sc(C(=O)Nc3cccc(S(C)(=O)=O)c3)cc2C1. The van der Waals surface area contributed by atoms with Gasteiger partial charge in [-0.25, -0.2) is 8.42 Å². The number of nitrogens with one attached hydrogen (secondary N) is 1. The summed E-state index contributed by atoms with van der Waals surface area (Å²) in [7, 11) is -3.28. The Kier molecular flexibility index (Phi) is 4.29. The molecule has 0 spiro atoms. The minimum Gasteiger partial charge on any atom is -0.321 e. The molecule has 0 fully saturated rings. The van der Waals surface area contributed by atoms with Gasteiger partial charge >= 0.3 is 0 Å². The van der Waals surface area contributed by atoms with E-state index in [2.05, 4.69) is 12.2 Å². The van der Waals surface area contributed by atoms with Crippen molar-refractivity contribution >= 4 is 32.8 Å². The lowest BCUT2D eigenvalue weighted by Crippen LogP contribution is -2.11. The fraction of sp³-hybridized carbons (Fsp3) is 0.353. The van der Waals surface area contributed by atoms with E-state index >= 15 is 0 Å². The van der Waals surface area contributed by atoms with Crippen LogP contribution in [0.1, 0.15) is 33.5 Å². The molecule has 122 valence electrons. The van der Waals surface area contributed by atoms with E-state index in [0.717, 1.165) is 19.1 Å². The summed E-state index contributed by atoms with van der Waals surface area (Å²) in [6, 6.07) is 8.32. The predicted molar refractivity (Wildman–Crippen MR) is 93.0 cm³/mol. The summed E-state index contributed by atoms with van der Waals surface area (Å²) in [6.07, 6.45) is 4.40. The van der Waals surface area contributed by atoms with Crippen LogP contribution in [0, 0.1) is 5.92 Å². The third-order valence-corrected chi connectivity index (χ3v) is 6.42. The Balaban J connectivity index is 1.80. The lowest BCUT2D eigenvalue weighted by Gasteiger charge is -2.16. The fourth-order valence-electron chi connectivity index (χ4n) is 2.81. The number of amides is 1. The van der Waals surface area contributed by atoms with Gasteiger partial charge in [0.1, 0.15) is 0 Å². The maximum atomic E-state index is 12.4. The van der Waals surface area contributed by atoms with E-state index in [1.54, 1.807) is 23.5 Å². The van der Waals surface area contributed by atoms with Gasteiger partial charge in [0.15, 0.2) is 9.84 Å². The highest BCUT2D eigenvalue weighted by Crippen LogP contribution is 2.32. The Morgan fingerprint density at radius 3 is 2.83 bits per heavy atom. The van der Waals surface area contributed by atoms with Crippen LogP contribution in [0.2, 0.25) is 0 Å². The van der Waals surface area contributed by atoms with Crippen molar-refractivity contribution in [3.63, 3.8) is 0 Å². The van der Waals surface area contributed by atoms with Crippen molar-refractivity contribution in [2.75, 3.05) is 11.6 Å². The minimum absolute atomic E-state index is 0.178. The number of hydrogen-bond acceptors (Lipinski definition) is 4. The van der Waals surface area contributed by atoms with E-state index < -0.39 is 9.84 Å². The number of fused-ring (bicyclic) bond motifs is 1. The van der Waals surface area contributed by atoms with E-state index in [1.807, 2.05) is 6.07 Å². The van der Waals surface area contributed by atoms with E-state index in [0.29, 0.717) is 16.5 Å². The average Bonchev–Trinajstić information content (AvgIpc) is 2.90. The van der Waals surface area contributed by atoms with Gasteiger partial charge in [-0.15, -0.1) is 11.3 Å². The van der Waals surface area contributed by atoms with Gasteiger partial charge in [0.05, 0.1) is 9.77 Å².